The van der Waals surface area contributed by atoms with Gasteiger partial charge in [0.05, 0.1) is 22.3 Å². The van der Waals surface area contributed by atoms with E-state index in [2.05, 4.69) is 4.72 Å². The molecule has 1 aliphatic heterocycles. The fourth-order valence-electron chi connectivity index (χ4n) is 3.16. The predicted molar refractivity (Wildman–Crippen MR) is 110 cm³/mol. The molecule has 1 saturated heterocycles. The number of sulfonamides is 1. The maximum absolute atomic E-state index is 12.7. The van der Waals surface area contributed by atoms with Gasteiger partial charge in [-0.25, -0.2) is 16.8 Å². The Labute approximate surface area is 174 Å². The molecule has 2 aromatic carbocycles. The summed E-state index contributed by atoms with van der Waals surface area (Å²) in [6.07, 6.45) is 0.958. The Balaban J connectivity index is 1.82. The van der Waals surface area contributed by atoms with E-state index in [1.807, 2.05) is 0 Å². The summed E-state index contributed by atoms with van der Waals surface area (Å²) < 4.78 is 51.1. The van der Waals surface area contributed by atoms with E-state index in [0.717, 1.165) is 6.26 Å². The summed E-state index contributed by atoms with van der Waals surface area (Å²) >= 11 is 0. The van der Waals surface area contributed by atoms with Crippen molar-refractivity contribution >= 4 is 43.1 Å². The zero-order chi connectivity index (χ0) is 22.1. The molecule has 9 nitrogen and oxygen atoms in total. The molecule has 0 spiro atoms. The average Bonchev–Trinajstić information content (AvgIpc) is 3.04. The van der Waals surface area contributed by atoms with Crippen molar-refractivity contribution in [3.8, 4) is 0 Å². The monoisotopic (exact) mass is 452 g/mol. The number of anilines is 2. The minimum atomic E-state index is -4.01. The first kappa shape index (κ1) is 21.8. The lowest BCUT2D eigenvalue weighted by atomic mass is 10.1. The number of rotatable bonds is 7. The van der Waals surface area contributed by atoms with Crippen molar-refractivity contribution in [2.24, 2.45) is 5.92 Å². The van der Waals surface area contributed by atoms with Crippen LogP contribution >= 0.6 is 0 Å². The summed E-state index contributed by atoms with van der Waals surface area (Å²) in [6, 6.07) is 11.7. The van der Waals surface area contributed by atoms with Gasteiger partial charge in [-0.05, 0) is 35.9 Å². The number of sulfone groups is 1. The number of para-hydroxylation sites is 1. The van der Waals surface area contributed by atoms with E-state index >= 15 is 0 Å². The fraction of sp³-hybridized carbons (Fsp3) is 0.263. The highest BCUT2D eigenvalue weighted by Gasteiger charge is 2.35. The van der Waals surface area contributed by atoms with Crippen LogP contribution in [0, 0.1) is 5.92 Å². The molecule has 160 valence electrons. The standard InChI is InChI=1S/C19H20N2O7S2/c1-29(25,26)12-13-4-2-3-5-17(13)20-30(27,28)16-8-6-15(7-9-16)21-11-14(19(23)24)10-18(21)22/h2-9,14,20H,10-12H2,1H3,(H,23,24). The van der Waals surface area contributed by atoms with Gasteiger partial charge >= 0.3 is 5.97 Å². The topological polar surface area (TPSA) is 138 Å². The van der Waals surface area contributed by atoms with Crippen molar-refractivity contribution < 1.29 is 31.5 Å². The molecule has 3 rings (SSSR count). The lowest BCUT2D eigenvalue weighted by Crippen LogP contribution is -2.25. The van der Waals surface area contributed by atoms with Gasteiger partial charge in [-0.2, -0.15) is 0 Å². The van der Waals surface area contributed by atoms with E-state index in [0.29, 0.717) is 11.3 Å². The molecule has 0 aliphatic carbocycles. The van der Waals surface area contributed by atoms with Crippen LogP contribution in [-0.2, 0) is 35.2 Å². The highest BCUT2D eigenvalue weighted by molar-refractivity contribution is 7.92. The van der Waals surface area contributed by atoms with Crippen molar-refractivity contribution in [1.29, 1.82) is 0 Å². The normalized spacial score (nSPS) is 17.2. The summed E-state index contributed by atoms with van der Waals surface area (Å²) in [6.45, 7) is 0.0252. The van der Waals surface area contributed by atoms with E-state index < -0.39 is 31.7 Å². The molecule has 1 amide bonds. The number of carbonyl (C=O) groups is 2. The van der Waals surface area contributed by atoms with Crippen LogP contribution in [0.15, 0.2) is 53.4 Å². The van der Waals surface area contributed by atoms with E-state index in [1.54, 1.807) is 12.1 Å². The highest BCUT2D eigenvalue weighted by atomic mass is 32.2. The lowest BCUT2D eigenvalue weighted by Gasteiger charge is -2.17. The van der Waals surface area contributed by atoms with E-state index in [4.69, 9.17) is 5.11 Å². The minimum absolute atomic E-state index is 0.0252. The summed E-state index contributed by atoms with van der Waals surface area (Å²) in [5.41, 5.74) is 0.883. The van der Waals surface area contributed by atoms with Crippen LogP contribution in [0.3, 0.4) is 0 Å². The largest absolute Gasteiger partial charge is 0.481 e. The molecule has 30 heavy (non-hydrogen) atoms. The highest BCUT2D eigenvalue weighted by Crippen LogP contribution is 2.27. The molecule has 11 heteroatoms. The second-order valence-electron chi connectivity index (χ2n) is 7.07. The van der Waals surface area contributed by atoms with Gasteiger partial charge in [-0.15, -0.1) is 0 Å². The molecule has 0 radical (unpaired) electrons. The van der Waals surface area contributed by atoms with Crippen LogP contribution in [0.2, 0.25) is 0 Å². The van der Waals surface area contributed by atoms with Crippen molar-refractivity contribution in [2.45, 2.75) is 17.1 Å². The number of nitrogens with zero attached hydrogens (tertiary/aromatic N) is 1. The molecule has 1 aliphatic rings. The summed E-state index contributed by atoms with van der Waals surface area (Å²) in [4.78, 5) is 24.4. The number of nitrogens with one attached hydrogen (secondary N) is 1. The Bertz CT molecular complexity index is 1190. The van der Waals surface area contributed by atoms with Gasteiger partial charge in [-0.1, -0.05) is 18.2 Å². The molecule has 0 bridgehead atoms. The molecule has 0 saturated carbocycles. The van der Waals surface area contributed by atoms with Gasteiger partial charge in [0.15, 0.2) is 9.84 Å². The van der Waals surface area contributed by atoms with Crippen LogP contribution < -0.4 is 9.62 Å². The molecule has 1 atom stereocenters. The van der Waals surface area contributed by atoms with Crippen LogP contribution in [0.4, 0.5) is 11.4 Å². The summed E-state index contributed by atoms with van der Waals surface area (Å²) in [5.74, 6) is -2.51. The summed E-state index contributed by atoms with van der Waals surface area (Å²) in [7, 11) is -7.38. The molecule has 1 unspecified atom stereocenters. The van der Waals surface area contributed by atoms with Gasteiger partial charge in [0.1, 0.15) is 0 Å². The van der Waals surface area contributed by atoms with Crippen LogP contribution in [0.25, 0.3) is 0 Å². The van der Waals surface area contributed by atoms with E-state index in [-0.39, 0.29) is 35.2 Å². The first-order valence-electron chi connectivity index (χ1n) is 8.88. The Morgan fingerprint density at radius 1 is 1.10 bits per heavy atom. The van der Waals surface area contributed by atoms with Gasteiger partial charge < -0.3 is 10.0 Å². The third-order valence-corrected chi connectivity index (χ3v) is 6.83. The zero-order valence-corrected chi connectivity index (χ0v) is 17.6. The molecule has 0 aromatic heterocycles. The van der Waals surface area contributed by atoms with Gasteiger partial charge in [-0.3, -0.25) is 14.3 Å². The SMILES string of the molecule is CS(=O)(=O)Cc1ccccc1NS(=O)(=O)c1ccc(N2CC(C(=O)O)CC2=O)cc1. The number of carbonyl (C=O) groups excluding carboxylic acids is 1. The van der Waals surface area contributed by atoms with Crippen LogP contribution in [-0.4, -0.2) is 46.6 Å². The Hall–Kier alpha value is -2.92. The number of carboxylic acid groups (broad SMARTS) is 1. The van der Waals surface area contributed by atoms with Crippen molar-refractivity contribution in [1.82, 2.24) is 0 Å². The number of aliphatic carboxylic acids is 1. The van der Waals surface area contributed by atoms with E-state index in [9.17, 15) is 26.4 Å². The van der Waals surface area contributed by atoms with Crippen LogP contribution in [0.5, 0.6) is 0 Å². The lowest BCUT2D eigenvalue weighted by molar-refractivity contribution is -0.141. The minimum Gasteiger partial charge on any atom is -0.481 e. The van der Waals surface area contributed by atoms with Crippen molar-refractivity contribution in [2.75, 3.05) is 22.4 Å². The molecular weight excluding hydrogens is 432 g/mol. The average molecular weight is 453 g/mol. The number of hydrogen-bond donors (Lipinski definition) is 2. The number of carboxylic acids is 1. The number of benzene rings is 2. The number of hydrogen-bond acceptors (Lipinski definition) is 6. The first-order chi connectivity index (χ1) is 14.0. The van der Waals surface area contributed by atoms with Crippen molar-refractivity contribution in [3.05, 3.63) is 54.1 Å². The molecule has 1 heterocycles. The van der Waals surface area contributed by atoms with Gasteiger partial charge in [0.25, 0.3) is 10.0 Å². The number of amides is 1. The smallest absolute Gasteiger partial charge is 0.308 e. The third-order valence-electron chi connectivity index (χ3n) is 4.61. The first-order valence-corrected chi connectivity index (χ1v) is 12.4. The van der Waals surface area contributed by atoms with Crippen LogP contribution in [0.1, 0.15) is 12.0 Å². The Morgan fingerprint density at radius 3 is 2.30 bits per heavy atom. The Kier molecular flexibility index (Phi) is 5.86. The second kappa shape index (κ2) is 8.07. The Morgan fingerprint density at radius 2 is 1.73 bits per heavy atom. The van der Waals surface area contributed by atoms with Crippen molar-refractivity contribution in [3.63, 3.8) is 0 Å². The zero-order valence-electron chi connectivity index (χ0n) is 16.0. The molecule has 2 N–H and O–H groups in total. The molecule has 2 aromatic rings. The second-order valence-corrected chi connectivity index (χ2v) is 10.9. The molecular formula is C19H20N2O7S2. The summed E-state index contributed by atoms with van der Waals surface area (Å²) in [5, 5.41) is 9.08. The maximum atomic E-state index is 12.7. The fourth-order valence-corrected chi connectivity index (χ4v) is 5.08. The predicted octanol–water partition coefficient (Wildman–Crippen LogP) is 1.47. The maximum Gasteiger partial charge on any atom is 0.308 e. The van der Waals surface area contributed by atoms with E-state index in [1.165, 1.54) is 41.3 Å². The molecule has 1 fully saturated rings. The van der Waals surface area contributed by atoms with Gasteiger partial charge in [0.2, 0.25) is 5.91 Å². The van der Waals surface area contributed by atoms with Gasteiger partial charge in [0, 0.05) is 24.9 Å². The quantitative estimate of drug-likeness (QED) is 0.649. The third kappa shape index (κ3) is 4.97.